The summed E-state index contributed by atoms with van der Waals surface area (Å²) >= 11 is 0. The maximum atomic E-state index is 4.57. The third kappa shape index (κ3) is 11.5. The van der Waals surface area contributed by atoms with Gasteiger partial charge in [0.2, 0.25) is 0 Å². The molecule has 0 aliphatic heterocycles. The van der Waals surface area contributed by atoms with E-state index in [0.717, 1.165) is 6.42 Å². The molecule has 0 rings (SSSR count). The summed E-state index contributed by atoms with van der Waals surface area (Å²) in [4.78, 5) is 4.57. The fraction of sp³-hybridized carbons (Fsp3) is 0.909. The fourth-order valence-electron chi connectivity index (χ4n) is 1.32. The highest BCUT2D eigenvalue weighted by Crippen LogP contribution is 2.07. The van der Waals surface area contributed by atoms with Gasteiger partial charge in [-0.25, -0.2) is 0 Å². The lowest BCUT2D eigenvalue weighted by Crippen LogP contribution is -1.81. The van der Waals surface area contributed by atoms with Crippen LogP contribution >= 0.6 is 0 Å². The van der Waals surface area contributed by atoms with E-state index in [1.54, 1.807) is 7.11 Å². The van der Waals surface area contributed by atoms with E-state index in [2.05, 4.69) is 16.9 Å². The van der Waals surface area contributed by atoms with Crippen molar-refractivity contribution in [3.8, 4) is 0 Å². The molecule has 0 atom stereocenters. The quantitative estimate of drug-likeness (QED) is 0.304. The second-order valence-electron chi connectivity index (χ2n) is 3.38. The van der Waals surface area contributed by atoms with Gasteiger partial charge in [-0.3, -0.25) is 0 Å². The molecule has 0 radical (unpaired) electrons. The fourth-order valence-corrected chi connectivity index (χ4v) is 1.32. The molecule has 2 nitrogen and oxygen atoms in total. The van der Waals surface area contributed by atoms with Gasteiger partial charge < -0.3 is 4.84 Å². The number of unbranched alkanes of at least 4 members (excludes halogenated alkanes) is 7. The van der Waals surface area contributed by atoms with Gasteiger partial charge in [-0.05, 0) is 12.8 Å². The molecule has 0 spiro atoms. The monoisotopic (exact) mass is 185 g/mol. The molecule has 0 amide bonds. The molecule has 0 aromatic heterocycles. The Balaban J connectivity index is 2.87. The third-order valence-corrected chi connectivity index (χ3v) is 2.12. The highest BCUT2D eigenvalue weighted by Gasteiger charge is 1.89. The van der Waals surface area contributed by atoms with Crippen LogP contribution in [0.15, 0.2) is 5.16 Å². The minimum absolute atomic E-state index is 1.06. The molecule has 0 saturated carbocycles. The van der Waals surface area contributed by atoms with E-state index < -0.39 is 0 Å². The normalized spacial score (nSPS) is 10.9. The van der Waals surface area contributed by atoms with E-state index in [0.29, 0.717) is 0 Å². The lowest BCUT2D eigenvalue weighted by molar-refractivity contribution is 0.214. The first kappa shape index (κ1) is 12.5. The molecule has 0 N–H and O–H groups in total. The summed E-state index contributed by atoms with van der Waals surface area (Å²) in [5.41, 5.74) is 0. The molecule has 0 aromatic carbocycles. The molecule has 13 heavy (non-hydrogen) atoms. The van der Waals surface area contributed by atoms with E-state index in [-0.39, 0.29) is 0 Å². The van der Waals surface area contributed by atoms with Crippen molar-refractivity contribution in [3.05, 3.63) is 0 Å². The van der Waals surface area contributed by atoms with Crippen molar-refractivity contribution >= 4 is 6.21 Å². The highest BCUT2D eigenvalue weighted by atomic mass is 16.6. The van der Waals surface area contributed by atoms with Gasteiger partial charge in [-0.2, -0.15) is 0 Å². The largest absolute Gasteiger partial charge is 0.399 e. The van der Waals surface area contributed by atoms with E-state index in [1.165, 1.54) is 44.9 Å². The zero-order chi connectivity index (χ0) is 9.78. The molecule has 0 aliphatic carbocycles. The molecule has 0 aromatic rings. The summed E-state index contributed by atoms with van der Waals surface area (Å²) in [6.07, 6.45) is 12.4. The van der Waals surface area contributed by atoms with Gasteiger partial charge in [0.1, 0.15) is 7.11 Å². The summed E-state index contributed by atoms with van der Waals surface area (Å²) in [7, 11) is 1.58. The molecule has 0 fully saturated rings. The minimum atomic E-state index is 1.06. The van der Waals surface area contributed by atoms with Crippen LogP contribution in [0.4, 0.5) is 0 Å². The first-order chi connectivity index (χ1) is 6.41. The van der Waals surface area contributed by atoms with E-state index in [4.69, 9.17) is 0 Å². The molecule has 78 valence electrons. The number of nitrogens with zero attached hydrogens (tertiary/aromatic N) is 1. The lowest BCUT2D eigenvalue weighted by atomic mass is 10.1. The van der Waals surface area contributed by atoms with Crippen LogP contribution in [0.3, 0.4) is 0 Å². The first-order valence-corrected chi connectivity index (χ1v) is 5.46. The Morgan fingerprint density at radius 3 is 2.23 bits per heavy atom. The average molecular weight is 185 g/mol. The molecule has 0 heterocycles. The van der Waals surface area contributed by atoms with Crippen LogP contribution in [-0.2, 0) is 4.84 Å². The van der Waals surface area contributed by atoms with Crippen LogP contribution in [0.1, 0.15) is 58.3 Å². The molecule has 2 heteroatoms. The van der Waals surface area contributed by atoms with Crippen molar-refractivity contribution in [3.63, 3.8) is 0 Å². The summed E-state index contributed by atoms with van der Waals surface area (Å²) < 4.78 is 0. The van der Waals surface area contributed by atoms with Gasteiger partial charge in [0.25, 0.3) is 0 Å². The number of hydrogen-bond donors (Lipinski definition) is 0. The zero-order valence-electron chi connectivity index (χ0n) is 9.09. The molecular weight excluding hydrogens is 162 g/mol. The van der Waals surface area contributed by atoms with E-state index >= 15 is 0 Å². The SMILES string of the molecule is CCCCCCCCCC=NOC. The van der Waals surface area contributed by atoms with Crippen LogP contribution < -0.4 is 0 Å². The zero-order valence-corrected chi connectivity index (χ0v) is 9.09. The standard InChI is InChI=1S/C11H23NO/c1-3-4-5-6-7-8-9-10-11-12-13-2/h11H,3-10H2,1-2H3. The summed E-state index contributed by atoms with van der Waals surface area (Å²) in [5, 5.41) is 3.69. The van der Waals surface area contributed by atoms with Gasteiger partial charge in [-0.1, -0.05) is 50.6 Å². The molecule has 0 bridgehead atoms. The van der Waals surface area contributed by atoms with Gasteiger partial charge >= 0.3 is 0 Å². The Kier molecular flexibility index (Phi) is 11.0. The van der Waals surface area contributed by atoms with Gasteiger partial charge in [-0.15, -0.1) is 0 Å². The summed E-state index contributed by atoms with van der Waals surface area (Å²) in [5.74, 6) is 0. The Bertz CT molecular complexity index is 113. The number of rotatable bonds is 9. The predicted octanol–water partition coefficient (Wildman–Crippen LogP) is 3.76. The van der Waals surface area contributed by atoms with Crippen LogP contribution in [-0.4, -0.2) is 13.3 Å². The van der Waals surface area contributed by atoms with Crippen molar-refractivity contribution in [2.24, 2.45) is 5.16 Å². The van der Waals surface area contributed by atoms with Crippen molar-refractivity contribution in [2.45, 2.75) is 58.3 Å². The van der Waals surface area contributed by atoms with Crippen molar-refractivity contribution in [1.29, 1.82) is 0 Å². The molecule has 0 aliphatic rings. The Morgan fingerprint density at radius 1 is 1.00 bits per heavy atom. The van der Waals surface area contributed by atoms with Crippen molar-refractivity contribution in [2.75, 3.05) is 7.11 Å². The van der Waals surface area contributed by atoms with Gasteiger partial charge in [0.05, 0.1) is 0 Å². The highest BCUT2D eigenvalue weighted by molar-refractivity contribution is 5.55. The van der Waals surface area contributed by atoms with Crippen molar-refractivity contribution < 1.29 is 4.84 Å². The predicted molar refractivity (Wildman–Crippen MR) is 58.1 cm³/mol. The van der Waals surface area contributed by atoms with E-state index in [1.807, 2.05) is 6.21 Å². The van der Waals surface area contributed by atoms with Gasteiger partial charge in [0.15, 0.2) is 0 Å². The maximum Gasteiger partial charge on any atom is 0.106 e. The third-order valence-electron chi connectivity index (χ3n) is 2.12. The van der Waals surface area contributed by atoms with Crippen LogP contribution in [0.5, 0.6) is 0 Å². The molecule has 0 unspecified atom stereocenters. The van der Waals surface area contributed by atoms with Gasteiger partial charge in [0, 0.05) is 6.21 Å². The molecular formula is C11H23NO. The minimum Gasteiger partial charge on any atom is -0.399 e. The average Bonchev–Trinajstić information content (AvgIpc) is 2.16. The molecule has 0 saturated heterocycles. The second-order valence-corrected chi connectivity index (χ2v) is 3.38. The smallest absolute Gasteiger partial charge is 0.106 e. The van der Waals surface area contributed by atoms with Crippen LogP contribution in [0.2, 0.25) is 0 Å². The Labute approximate surface area is 82.4 Å². The van der Waals surface area contributed by atoms with Crippen LogP contribution in [0.25, 0.3) is 0 Å². The number of hydrogen-bond acceptors (Lipinski definition) is 2. The van der Waals surface area contributed by atoms with E-state index in [9.17, 15) is 0 Å². The topological polar surface area (TPSA) is 21.6 Å². The second kappa shape index (κ2) is 11.5. The Morgan fingerprint density at radius 2 is 1.62 bits per heavy atom. The lowest BCUT2D eigenvalue weighted by Gasteiger charge is -1.98. The summed E-state index contributed by atoms with van der Waals surface area (Å²) in [6.45, 7) is 2.25. The summed E-state index contributed by atoms with van der Waals surface area (Å²) in [6, 6.07) is 0. The van der Waals surface area contributed by atoms with Crippen molar-refractivity contribution in [1.82, 2.24) is 0 Å². The van der Waals surface area contributed by atoms with Crippen LogP contribution in [0, 0.1) is 0 Å². The Hall–Kier alpha value is -0.530. The maximum absolute atomic E-state index is 4.57. The number of oxime groups is 1. The first-order valence-electron chi connectivity index (χ1n) is 5.46.